The van der Waals surface area contributed by atoms with Crippen molar-refractivity contribution in [1.82, 2.24) is 4.90 Å². The Kier molecular flexibility index (Phi) is 5.42. The molecule has 0 aromatic heterocycles. The molecule has 3 nitrogen and oxygen atoms in total. The Morgan fingerprint density at radius 1 is 0.917 bits per heavy atom. The van der Waals surface area contributed by atoms with Crippen LogP contribution >= 0.6 is 0 Å². The van der Waals surface area contributed by atoms with E-state index in [0.717, 1.165) is 43.4 Å². The number of hydrogen-bond donors (Lipinski definition) is 0. The first kappa shape index (κ1) is 16.4. The van der Waals surface area contributed by atoms with Gasteiger partial charge in [-0.3, -0.25) is 9.59 Å². The van der Waals surface area contributed by atoms with Gasteiger partial charge >= 0.3 is 0 Å². The highest BCUT2D eigenvalue weighted by Crippen LogP contribution is 2.24. The van der Waals surface area contributed by atoms with Gasteiger partial charge in [0.05, 0.1) is 0 Å². The van der Waals surface area contributed by atoms with Crippen LogP contribution in [0.25, 0.3) is 0 Å². The van der Waals surface area contributed by atoms with E-state index in [-0.39, 0.29) is 17.7 Å². The van der Waals surface area contributed by atoms with Crippen LogP contribution in [0.2, 0.25) is 0 Å². The summed E-state index contributed by atoms with van der Waals surface area (Å²) in [7, 11) is 0. The first-order valence-electron chi connectivity index (χ1n) is 8.70. The van der Waals surface area contributed by atoms with Gasteiger partial charge in [-0.1, -0.05) is 48.5 Å². The molecule has 3 rings (SSSR count). The fourth-order valence-corrected chi connectivity index (χ4v) is 3.42. The first-order valence-corrected chi connectivity index (χ1v) is 8.70. The molecule has 124 valence electrons. The lowest BCUT2D eigenvalue weighted by atomic mass is 10.0. The molecule has 0 saturated carbocycles. The van der Waals surface area contributed by atoms with Gasteiger partial charge in [-0.25, -0.2) is 0 Å². The van der Waals surface area contributed by atoms with E-state index < -0.39 is 0 Å². The number of nitrogens with zero attached hydrogens (tertiary/aromatic N) is 1. The predicted molar refractivity (Wildman–Crippen MR) is 95.1 cm³/mol. The summed E-state index contributed by atoms with van der Waals surface area (Å²) in [5.74, 6) is 0.307. The molecule has 0 unspecified atom stereocenters. The van der Waals surface area contributed by atoms with Crippen molar-refractivity contribution in [3.05, 3.63) is 71.8 Å². The second kappa shape index (κ2) is 7.91. The van der Waals surface area contributed by atoms with Gasteiger partial charge in [0.2, 0.25) is 0 Å². The summed E-state index contributed by atoms with van der Waals surface area (Å²) in [5, 5.41) is 0. The summed E-state index contributed by atoms with van der Waals surface area (Å²) >= 11 is 0. The number of Topliss-reactive ketones (excluding diaryl/α,β-unsaturated/α-hetero) is 1. The van der Waals surface area contributed by atoms with E-state index in [2.05, 4.69) is 0 Å². The second-order valence-corrected chi connectivity index (χ2v) is 6.34. The van der Waals surface area contributed by atoms with Crippen LogP contribution < -0.4 is 0 Å². The molecule has 0 bridgehead atoms. The van der Waals surface area contributed by atoms with E-state index in [1.165, 1.54) is 0 Å². The molecule has 3 heteroatoms. The molecule has 0 N–H and O–H groups in total. The largest absolute Gasteiger partial charge is 0.336 e. The molecule has 1 heterocycles. The summed E-state index contributed by atoms with van der Waals surface area (Å²) in [6.45, 7) is 0.824. The van der Waals surface area contributed by atoms with Crippen molar-refractivity contribution in [1.29, 1.82) is 0 Å². The summed E-state index contributed by atoms with van der Waals surface area (Å²) in [5.41, 5.74) is 1.53. The molecule has 24 heavy (non-hydrogen) atoms. The van der Waals surface area contributed by atoms with Crippen LogP contribution in [0.5, 0.6) is 0 Å². The molecular formula is C21H23NO2. The van der Waals surface area contributed by atoms with Gasteiger partial charge in [-0.15, -0.1) is 0 Å². The van der Waals surface area contributed by atoms with Crippen molar-refractivity contribution in [2.75, 3.05) is 6.54 Å². The van der Waals surface area contributed by atoms with Gasteiger partial charge in [-0.05, 0) is 37.8 Å². The summed E-state index contributed by atoms with van der Waals surface area (Å²) in [6.07, 6.45) is 4.37. The van der Waals surface area contributed by atoms with Gasteiger partial charge in [0.25, 0.3) is 5.91 Å². The second-order valence-electron chi connectivity index (χ2n) is 6.34. The number of amides is 1. The summed E-state index contributed by atoms with van der Waals surface area (Å²) in [4.78, 5) is 26.8. The Morgan fingerprint density at radius 2 is 1.54 bits per heavy atom. The minimum atomic E-state index is 0.118. The lowest BCUT2D eigenvalue weighted by Crippen LogP contribution is -2.35. The number of carbonyl (C=O) groups is 2. The molecule has 1 aliphatic heterocycles. The van der Waals surface area contributed by atoms with Crippen LogP contribution in [0.1, 0.15) is 52.8 Å². The molecular weight excluding hydrogens is 298 g/mol. The molecule has 0 radical (unpaired) electrons. The molecule has 1 aliphatic rings. The fourth-order valence-electron chi connectivity index (χ4n) is 3.42. The first-order chi connectivity index (χ1) is 11.8. The zero-order valence-corrected chi connectivity index (χ0v) is 13.9. The van der Waals surface area contributed by atoms with Crippen LogP contribution in [-0.4, -0.2) is 29.2 Å². The normalized spacial score (nSPS) is 17.0. The maximum atomic E-state index is 12.6. The number of benzene rings is 2. The smallest absolute Gasteiger partial charge is 0.254 e. The van der Waals surface area contributed by atoms with Crippen molar-refractivity contribution in [3.8, 4) is 0 Å². The molecule has 1 atom stereocenters. The number of rotatable bonds is 6. The van der Waals surface area contributed by atoms with E-state index >= 15 is 0 Å². The zero-order valence-electron chi connectivity index (χ0n) is 13.9. The number of hydrogen-bond acceptors (Lipinski definition) is 2. The maximum Gasteiger partial charge on any atom is 0.254 e. The summed E-state index contributed by atoms with van der Waals surface area (Å²) in [6, 6.07) is 19.2. The van der Waals surface area contributed by atoms with Gasteiger partial charge in [-0.2, -0.15) is 0 Å². The standard InChI is InChI=1S/C21H23NO2/c23-20(17-9-3-1-4-10-17)15-7-13-19-14-8-16-22(19)21(24)18-11-5-2-6-12-18/h1-6,9-12,19H,7-8,13-16H2/t19-/m1/s1. The number of likely N-dealkylation sites (tertiary alicyclic amines) is 1. The Balaban J connectivity index is 1.53. The van der Waals surface area contributed by atoms with E-state index in [1.54, 1.807) is 0 Å². The molecule has 1 fully saturated rings. The average Bonchev–Trinajstić information content (AvgIpc) is 3.11. The third-order valence-corrected chi connectivity index (χ3v) is 4.70. The minimum Gasteiger partial charge on any atom is -0.336 e. The third kappa shape index (κ3) is 3.91. The van der Waals surface area contributed by atoms with Crippen molar-refractivity contribution >= 4 is 11.7 Å². The number of ketones is 1. The van der Waals surface area contributed by atoms with Crippen molar-refractivity contribution in [2.24, 2.45) is 0 Å². The molecule has 0 spiro atoms. The predicted octanol–water partition coefficient (Wildman–Crippen LogP) is 4.34. The van der Waals surface area contributed by atoms with Crippen LogP contribution in [0.4, 0.5) is 0 Å². The van der Waals surface area contributed by atoms with Gasteiger partial charge in [0.15, 0.2) is 5.78 Å². The van der Waals surface area contributed by atoms with E-state index in [0.29, 0.717) is 6.42 Å². The fraction of sp³-hybridized carbons (Fsp3) is 0.333. The van der Waals surface area contributed by atoms with Gasteiger partial charge in [0.1, 0.15) is 0 Å². The highest BCUT2D eigenvalue weighted by Gasteiger charge is 2.28. The highest BCUT2D eigenvalue weighted by molar-refractivity contribution is 5.96. The van der Waals surface area contributed by atoms with E-state index in [9.17, 15) is 9.59 Å². The summed E-state index contributed by atoms with van der Waals surface area (Å²) < 4.78 is 0. The molecule has 0 aliphatic carbocycles. The molecule has 1 saturated heterocycles. The van der Waals surface area contributed by atoms with Gasteiger partial charge < -0.3 is 4.90 Å². The Hall–Kier alpha value is -2.42. The van der Waals surface area contributed by atoms with Crippen LogP contribution in [0.3, 0.4) is 0 Å². The maximum absolute atomic E-state index is 12.6. The van der Waals surface area contributed by atoms with Crippen LogP contribution in [-0.2, 0) is 0 Å². The highest BCUT2D eigenvalue weighted by atomic mass is 16.2. The average molecular weight is 321 g/mol. The third-order valence-electron chi connectivity index (χ3n) is 4.70. The quantitative estimate of drug-likeness (QED) is 0.742. The van der Waals surface area contributed by atoms with Crippen LogP contribution in [0, 0.1) is 0 Å². The van der Waals surface area contributed by atoms with E-state index in [4.69, 9.17) is 0 Å². The molecule has 2 aromatic rings. The lowest BCUT2D eigenvalue weighted by molar-refractivity contribution is 0.0728. The van der Waals surface area contributed by atoms with Crippen molar-refractivity contribution in [3.63, 3.8) is 0 Å². The van der Waals surface area contributed by atoms with Gasteiger partial charge in [0, 0.05) is 30.1 Å². The molecule has 2 aromatic carbocycles. The Morgan fingerprint density at radius 3 is 2.21 bits per heavy atom. The van der Waals surface area contributed by atoms with E-state index in [1.807, 2.05) is 65.6 Å². The van der Waals surface area contributed by atoms with Crippen molar-refractivity contribution in [2.45, 2.75) is 38.1 Å². The zero-order chi connectivity index (χ0) is 16.8. The van der Waals surface area contributed by atoms with Crippen LogP contribution in [0.15, 0.2) is 60.7 Å². The topological polar surface area (TPSA) is 37.4 Å². The molecule has 1 amide bonds. The minimum absolute atomic E-state index is 0.118. The lowest BCUT2D eigenvalue weighted by Gasteiger charge is -2.24. The SMILES string of the molecule is O=C(CCC[C@@H]1CCCN1C(=O)c1ccccc1)c1ccccc1. The van der Waals surface area contributed by atoms with Crippen molar-refractivity contribution < 1.29 is 9.59 Å². The number of carbonyl (C=O) groups excluding carboxylic acids is 2. The monoisotopic (exact) mass is 321 g/mol. The Bertz CT molecular complexity index is 681. The Labute approximate surface area is 143 Å².